The molecule has 0 saturated heterocycles. The van der Waals surface area contributed by atoms with Crippen LogP contribution < -0.4 is 15.8 Å². The number of nitrogens with two attached hydrogens (primary N) is 1. The van der Waals surface area contributed by atoms with E-state index in [9.17, 15) is 4.79 Å². The zero-order valence-corrected chi connectivity index (χ0v) is 13.8. The number of nitrogens with one attached hydrogen (secondary N) is 1. The Morgan fingerprint density at radius 1 is 1.33 bits per heavy atom. The molecule has 0 aliphatic carbocycles. The number of aryl methyl sites for hydroxylation is 1. The maximum Gasteiger partial charge on any atom is 0.230 e. The summed E-state index contributed by atoms with van der Waals surface area (Å²) in [4.78, 5) is 12.1. The fourth-order valence-corrected chi connectivity index (χ4v) is 3.15. The monoisotopic (exact) mass is 310 g/mol. The SMILES string of the molecule is Cc1cc2c(c3c1NC(=O)C(C)(C)C3)OC(C)(CN)C2.Cl. The van der Waals surface area contributed by atoms with Gasteiger partial charge in [0.2, 0.25) is 5.91 Å². The molecule has 2 heterocycles. The third kappa shape index (κ3) is 2.40. The molecule has 1 atom stereocenters. The molecule has 3 rings (SSSR count). The molecule has 116 valence electrons. The second-order valence-electron chi connectivity index (χ2n) is 6.98. The first-order chi connectivity index (χ1) is 9.26. The quantitative estimate of drug-likeness (QED) is 0.838. The van der Waals surface area contributed by atoms with Gasteiger partial charge in [0.25, 0.3) is 0 Å². The van der Waals surface area contributed by atoms with Crippen molar-refractivity contribution in [3.05, 3.63) is 22.8 Å². The van der Waals surface area contributed by atoms with Crippen LogP contribution in [-0.2, 0) is 17.6 Å². The van der Waals surface area contributed by atoms with Crippen LogP contribution in [0, 0.1) is 12.3 Å². The lowest BCUT2D eigenvalue weighted by atomic mass is 9.79. The van der Waals surface area contributed by atoms with Crippen LogP contribution in [0.4, 0.5) is 5.69 Å². The van der Waals surface area contributed by atoms with Crippen LogP contribution in [0.3, 0.4) is 0 Å². The molecule has 2 aliphatic rings. The number of hydrogen-bond acceptors (Lipinski definition) is 3. The largest absolute Gasteiger partial charge is 0.485 e. The molecule has 0 aromatic heterocycles. The summed E-state index contributed by atoms with van der Waals surface area (Å²) in [6, 6.07) is 2.12. The number of fused-ring (bicyclic) bond motifs is 3. The Kier molecular flexibility index (Phi) is 3.75. The number of halogens is 1. The molecule has 0 spiro atoms. The van der Waals surface area contributed by atoms with Gasteiger partial charge in [-0.1, -0.05) is 19.9 Å². The number of benzene rings is 1. The van der Waals surface area contributed by atoms with E-state index in [-0.39, 0.29) is 23.9 Å². The van der Waals surface area contributed by atoms with Crippen molar-refractivity contribution in [2.75, 3.05) is 11.9 Å². The van der Waals surface area contributed by atoms with Gasteiger partial charge in [0.15, 0.2) is 0 Å². The number of anilines is 1. The zero-order valence-electron chi connectivity index (χ0n) is 13.0. The highest BCUT2D eigenvalue weighted by Crippen LogP contribution is 2.47. The first-order valence-corrected chi connectivity index (χ1v) is 7.12. The van der Waals surface area contributed by atoms with E-state index >= 15 is 0 Å². The lowest BCUT2D eigenvalue weighted by Gasteiger charge is -2.33. The second-order valence-corrected chi connectivity index (χ2v) is 6.98. The van der Waals surface area contributed by atoms with Gasteiger partial charge in [-0.2, -0.15) is 0 Å². The summed E-state index contributed by atoms with van der Waals surface area (Å²) in [7, 11) is 0. The van der Waals surface area contributed by atoms with Gasteiger partial charge in [0, 0.05) is 23.9 Å². The van der Waals surface area contributed by atoms with E-state index in [0.29, 0.717) is 13.0 Å². The number of rotatable bonds is 1. The molecule has 4 nitrogen and oxygen atoms in total. The predicted octanol–water partition coefficient (Wildman–Crippen LogP) is 2.59. The van der Waals surface area contributed by atoms with Gasteiger partial charge in [-0.15, -0.1) is 12.4 Å². The number of amides is 1. The van der Waals surface area contributed by atoms with E-state index in [1.807, 2.05) is 27.7 Å². The molecule has 5 heteroatoms. The van der Waals surface area contributed by atoms with Crippen LogP contribution in [0.5, 0.6) is 5.75 Å². The maximum absolute atomic E-state index is 12.1. The first kappa shape index (κ1) is 16.1. The van der Waals surface area contributed by atoms with Gasteiger partial charge in [0.1, 0.15) is 11.4 Å². The second kappa shape index (κ2) is 4.89. The normalized spacial score (nSPS) is 25.3. The van der Waals surface area contributed by atoms with Crippen LogP contribution in [0.1, 0.15) is 37.5 Å². The molecule has 0 fully saturated rings. The lowest BCUT2D eigenvalue weighted by molar-refractivity contribution is -0.124. The van der Waals surface area contributed by atoms with Crippen LogP contribution in [0.15, 0.2) is 6.07 Å². The molecular weight excluding hydrogens is 288 g/mol. The van der Waals surface area contributed by atoms with Crippen molar-refractivity contribution in [2.45, 2.75) is 46.1 Å². The summed E-state index contributed by atoms with van der Waals surface area (Å²) < 4.78 is 6.15. The highest BCUT2D eigenvalue weighted by molar-refractivity contribution is 5.99. The topological polar surface area (TPSA) is 64.3 Å². The molecule has 0 bridgehead atoms. The minimum atomic E-state index is -0.403. The van der Waals surface area contributed by atoms with Gasteiger partial charge >= 0.3 is 0 Å². The van der Waals surface area contributed by atoms with Crippen LogP contribution in [0.2, 0.25) is 0 Å². The Labute approximate surface area is 131 Å². The van der Waals surface area contributed by atoms with Crippen molar-refractivity contribution in [1.29, 1.82) is 0 Å². The molecule has 0 radical (unpaired) electrons. The molecule has 0 saturated carbocycles. The molecular formula is C16H23ClN2O2. The van der Waals surface area contributed by atoms with Gasteiger partial charge in [0.05, 0.1) is 5.69 Å². The van der Waals surface area contributed by atoms with Crippen LogP contribution in [-0.4, -0.2) is 18.1 Å². The Bertz CT molecular complexity index is 613. The third-order valence-corrected chi connectivity index (χ3v) is 4.47. The summed E-state index contributed by atoms with van der Waals surface area (Å²) >= 11 is 0. The molecule has 3 N–H and O–H groups in total. The third-order valence-electron chi connectivity index (χ3n) is 4.47. The van der Waals surface area contributed by atoms with Crippen molar-refractivity contribution < 1.29 is 9.53 Å². The van der Waals surface area contributed by atoms with Gasteiger partial charge in [-0.3, -0.25) is 4.79 Å². The standard InChI is InChI=1S/C16H22N2O2.ClH/c1-9-5-10-6-16(4,8-17)20-13(10)11-7-15(2,3)14(19)18-12(9)11;/h5H,6-8,17H2,1-4H3,(H,18,19);1H. The first-order valence-electron chi connectivity index (χ1n) is 7.12. The average Bonchev–Trinajstić information content (AvgIpc) is 2.69. The summed E-state index contributed by atoms with van der Waals surface area (Å²) in [5.74, 6) is 1.01. The maximum atomic E-state index is 12.1. The van der Waals surface area contributed by atoms with Crippen molar-refractivity contribution >= 4 is 24.0 Å². The summed E-state index contributed by atoms with van der Waals surface area (Å²) in [6.07, 6.45) is 1.54. The van der Waals surface area contributed by atoms with E-state index in [4.69, 9.17) is 10.5 Å². The van der Waals surface area contributed by atoms with Gasteiger partial charge in [-0.25, -0.2) is 0 Å². The van der Waals surface area contributed by atoms with Crippen molar-refractivity contribution in [1.82, 2.24) is 0 Å². The minimum absolute atomic E-state index is 0. The summed E-state index contributed by atoms with van der Waals surface area (Å²) in [5, 5.41) is 3.04. The number of ether oxygens (including phenoxy) is 1. The fourth-order valence-electron chi connectivity index (χ4n) is 3.15. The van der Waals surface area contributed by atoms with E-state index in [1.165, 1.54) is 5.56 Å². The van der Waals surface area contributed by atoms with Crippen LogP contribution >= 0.6 is 12.4 Å². The smallest absolute Gasteiger partial charge is 0.230 e. The lowest BCUT2D eigenvalue weighted by Crippen LogP contribution is -2.39. The highest BCUT2D eigenvalue weighted by atomic mass is 35.5. The van der Waals surface area contributed by atoms with E-state index in [0.717, 1.165) is 29.0 Å². The molecule has 1 amide bonds. The molecule has 1 aromatic carbocycles. The Morgan fingerprint density at radius 2 is 2.00 bits per heavy atom. The van der Waals surface area contributed by atoms with Crippen molar-refractivity contribution in [2.24, 2.45) is 11.1 Å². The average molecular weight is 311 g/mol. The Balaban J connectivity index is 0.00000161. The Hall–Kier alpha value is -1.26. The van der Waals surface area contributed by atoms with Crippen molar-refractivity contribution in [3.8, 4) is 5.75 Å². The molecule has 2 aliphatic heterocycles. The van der Waals surface area contributed by atoms with Crippen molar-refractivity contribution in [3.63, 3.8) is 0 Å². The molecule has 1 aromatic rings. The Morgan fingerprint density at radius 3 is 2.62 bits per heavy atom. The minimum Gasteiger partial charge on any atom is -0.485 e. The zero-order chi connectivity index (χ0) is 14.7. The highest BCUT2D eigenvalue weighted by Gasteiger charge is 2.41. The number of hydrogen-bond donors (Lipinski definition) is 2. The summed E-state index contributed by atoms with van der Waals surface area (Å²) in [5.41, 5.74) is 9.48. The fraction of sp³-hybridized carbons (Fsp3) is 0.562. The summed E-state index contributed by atoms with van der Waals surface area (Å²) in [6.45, 7) is 8.51. The number of carbonyl (C=O) groups is 1. The van der Waals surface area contributed by atoms with E-state index in [1.54, 1.807) is 0 Å². The molecule has 1 unspecified atom stereocenters. The predicted molar refractivity (Wildman–Crippen MR) is 86.3 cm³/mol. The van der Waals surface area contributed by atoms with E-state index < -0.39 is 5.41 Å². The van der Waals surface area contributed by atoms with Crippen LogP contribution in [0.25, 0.3) is 0 Å². The number of carbonyl (C=O) groups excluding carboxylic acids is 1. The van der Waals surface area contributed by atoms with E-state index in [2.05, 4.69) is 11.4 Å². The van der Waals surface area contributed by atoms with Gasteiger partial charge in [-0.05, 0) is 31.4 Å². The van der Waals surface area contributed by atoms with Gasteiger partial charge < -0.3 is 15.8 Å². The molecule has 21 heavy (non-hydrogen) atoms.